The number of carbonyl (C=O) groups is 1. The van der Waals surface area contributed by atoms with Crippen LogP contribution < -0.4 is 0 Å². The third-order valence-electron chi connectivity index (χ3n) is 2.09. The molecule has 0 aliphatic carbocycles. The highest BCUT2D eigenvalue weighted by atomic mass is 35.5. The van der Waals surface area contributed by atoms with Crippen molar-refractivity contribution in [2.45, 2.75) is 26.2 Å². The predicted octanol–water partition coefficient (Wildman–Crippen LogP) is 0.835. The molecule has 0 atom stereocenters. The summed E-state index contributed by atoms with van der Waals surface area (Å²) in [5.74, 6) is -0.0778. The maximum Gasteiger partial charge on any atom is 0.237 e. The summed E-state index contributed by atoms with van der Waals surface area (Å²) in [6.07, 6.45) is -0.287. The van der Waals surface area contributed by atoms with Crippen molar-refractivity contribution in [3.8, 4) is 0 Å². The van der Waals surface area contributed by atoms with Gasteiger partial charge in [-0.3, -0.25) is 4.79 Å². The van der Waals surface area contributed by atoms with Crippen LogP contribution >= 0.6 is 11.6 Å². The fourth-order valence-electron chi connectivity index (χ4n) is 1.35. The summed E-state index contributed by atoms with van der Waals surface area (Å²) in [5, 5.41) is 0. The molecule has 0 aromatic rings. The molecule has 0 aromatic carbocycles. The van der Waals surface area contributed by atoms with E-state index in [4.69, 9.17) is 21.1 Å². The largest absolute Gasteiger partial charge is 0.348 e. The molecule has 1 amide bonds. The summed E-state index contributed by atoms with van der Waals surface area (Å²) in [6, 6.07) is 0.119. The van der Waals surface area contributed by atoms with Crippen molar-refractivity contribution >= 4 is 17.5 Å². The Labute approximate surface area is 89.1 Å². The van der Waals surface area contributed by atoms with Gasteiger partial charge in [-0.1, -0.05) is 0 Å². The molecular formula is C9H16ClNO3. The molecule has 0 radical (unpaired) electrons. The van der Waals surface area contributed by atoms with Gasteiger partial charge < -0.3 is 14.4 Å². The Balaban J connectivity index is 2.45. The zero-order valence-corrected chi connectivity index (χ0v) is 9.29. The molecule has 0 saturated carbocycles. The van der Waals surface area contributed by atoms with Crippen LogP contribution in [0.25, 0.3) is 0 Å². The van der Waals surface area contributed by atoms with Crippen molar-refractivity contribution in [2.24, 2.45) is 0 Å². The van der Waals surface area contributed by atoms with E-state index in [1.165, 1.54) is 0 Å². The Morgan fingerprint density at radius 3 is 2.50 bits per heavy atom. The quantitative estimate of drug-likeness (QED) is 0.661. The van der Waals surface area contributed by atoms with Crippen molar-refractivity contribution in [3.05, 3.63) is 0 Å². The van der Waals surface area contributed by atoms with Gasteiger partial charge in [-0.15, -0.1) is 11.6 Å². The molecule has 1 rings (SSSR count). The van der Waals surface area contributed by atoms with Gasteiger partial charge in [0.25, 0.3) is 0 Å². The lowest BCUT2D eigenvalue weighted by Crippen LogP contribution is -2.43. The number of carbonyl (C=O) groups excluding carboxylic acids is 1. The van der Waals surface area contributed by atoms with Crippen molar-refractivity contribution < 1.29 is 14.3 Å². The van der Waals surface area contributed by atoms with Gasteiger partial charge in [0, 0.05) is 6.04 Å². The summed E-state index contributed by atoms with van der Waals surface area (Å²) in [6.45, 7) is 5.55. The minimum absolute atomic E-state index is 0.00486. The molecule has 1 saturated heterocycles. The van der Waals surface area contributed by atoms with Gasteiger partial charge in [0.15, 0.2) is 6.29 Å². The lowest BCUT2D eigenvalue weighted by molar-refractivity contribution is -0.137. The number of amides is 1. The van der Waals surface area contributed by atoms with Gasteiger partial charge in [0.05, 0.1) is 19.8 Å². The van der Waals surface area contributed by atoms with Crippen LogP contribution in [0.4, 0.5) is 0 Å². The molecule has 0 unspecified atom stereocenters. The van der Waals surface area contributed by atoms with Gasteiger partial charge in [0.1, 0.15) is 5.88 Å². The molecule has 1 heterocycles. The zero-order valence-electron chi connectivity index (χ0n) is 8.53. The number of halogens is 1. The van der Waals surface area contributed by atoms with E-state index in [1.54, 1.807) is 4.90 Å². The first-order chi connectivity index (χ1) is 6.65. The van der Waals surface area contributed by atoms with E-state index in [-0.39, 0.29) is 24.1 Å². The van der Waals surface area contributed by atoms with Gasteiger partial charge in [0.2, 0.25) is 5.91 Å². The van der Waals surface area contributed by atoms with Gasteiger partial charge >= 0.3 is 0 Å². The summed E-state index contributed by atoms with van der Waals surface area (Å²) < 4.78 is 10.5. The third kappa shape index (κ3) is 3.12. The van der Waals surface area contributed by atoms with Crippen molar-refractivity contribution in [2.75, 3.05) is 25.6 Å². The maximum absolute atomic E-state index is 11.4. The minimum atomic E-state index is -0.287. The Morgan fingerprint density at radius 1 is 1.50 bits per heavy atom. The average molecular weight is 222 g/mol. The third-order valence-corrected chi connectivity index (χ3v) is 2.32. The van der Waals surface area contributed by atoms with Gasteiger partial charge in [-0.05, 0) is 13.8 Å². The Hall–Kier alpha value is -0.320. The van der Waals surface area contributed by atoms with Crippen molar-refractivity contribution in [1.29, 1.82) is 0 Å². The summed E-state index contributed by atoms with van der Waals surface area (Å²) in [5.41, 5.74) is 0. The van der Waals surface area contributed by atoms with E-state index in [2.05, 4.69) is 0 Å². The molecule has 1 fully saturated rings. The average Bonchev–Trinajstić information content (AvgIpc) is 2.65. The van der Waals surface area contributed by atoms with E-state index < -0.39 is 0 Å². The molecule has 82 valence electrons. The Bertz CT molecular complexity index is 192. The van der Waals surface area contributed by atoms with E-state index in [9.17, 15) is 4.79 Å². The first kappa shape index (κ1) is 11.8. The van der Waals surface area contributed by atoms with E-state index in [0.717, 1.165) is 0 Å². The molecule has 4 nitrogen and oxygen atoms in total. The highest BCUT2D eigenvalue weighted by molar-refractivity contribution is 6.27. The standard InChI is InChI=1S/C9H16ClNO3/c1-7(2)11(8(12)5-10)6-9-13-3-4-14-9/h7,9H,3-6H2,1-2H3. The maximum atomic E-state index is 11.4. The minimum Gasteiger partial charge on any atom is -0.348 e. The lowest BCUT2D eigenvalue weighted by atomic mass is 10.3. The normalized spacial score (nSPS) is 17.7. The molecule has 0 aromatic heterocycles. The monoisotopic (exact) mass is 221 g/mol. The lowest BCUT2D eigenvalue weighted by Gasteiger charge is -2.27. The van der Waals surface area contributed by atoms with E-state index in [0.29, 0.717) is 19.8 Å². The molecule has 1 aliphatic rings. The number of alkyl halides is 1. The second-order valence-electron chi connectivity index (χ2n) is 3.44. The van der Waals surface area contributed by atoms with Crippen LogP contribution in [0.5, 0.6) is 0 Å². The molecule has 5 heteroatoms. The molecule has 0 bridgehead atoms. The SMILES string of the molecule is CC(C)N(CC1OCCO1)C(=O)CCl. The molecule has 0 spiro atoms. The first-order valence-corrected chi connectivity index (χ1v) is 5.27. The summed E-state index contributed by atoms with van der Waals surface area (Å²) in [4.78, 5) is 13.1. The van der Waals surface area contributed by atoms with Crippen LogP contribution in [0.2, 0.25) is 0 Å². The second kappa shape index (κ2) is 5.53. The number of hydrogen-bond donors (Lipinski definition) is 0. The van der Waals surface area contributed by atoms with Crippen LogP contribution in [0, 0.1) is 0 Å². The molecule has 1 aliphatic heterocycles. The number of nitrogens with zero attached hydrogens (tertiary/aromatic N) is 1. The van der Waals surface area contributed by atoms with Crippen LogP contribution in [0.1, 0.15) is 13.8 Å². The van der Waals surface area contributed by atoms with Crippen LogP contribution in [-0.2, 0) is 14.3 Å². The second-order valence-corrected chi connectivity index (χ2v) is 3.71. The Morgan fingerprint density at radius 2 is 2.07 bits per heavy atom. The number of hydrogen-bond acceptors (Lipinski definition) is 3. The highest BCUT2D eigenvalue weighted by Gasteiger charge is 2.24. The predicted molar refractivity (Wildman–Crippen MR) is 53.3 cm³/mol. The number of rotatable bonds is 4. The Kier molecular flexibility index (Phi) is 4.65. The van der Waals surface area contributed by atoms with Crippen molar-refractivity contribution in [1.82, 2.24) is 4.90 Å². The molecule has 14 heavy (non-hydrogen) atoms. The summed E-state index contributed by atoms with van der Waals surface area (Å²) >= 11 is 5.50. The smallest absolute Gasteiger partial charge is 0.237 e. The molecular weight excluding hydrogens is 206 g/mol. The van der Waals surface area contributed by atoms with Gasteiger partial charge in [-0.25, -0.2) is 0 Å². The highest BCUT2D eigenvalue weighted by Crippen LogP contribution is 2.09. The van der Waals surface area contributed by atoms with Crippen LogP contribution in [0.15, 0.2) is 0 Å². The topological polar surface area (TPSA) is 38.8 Å². The fraction of sp³-hybridized carbons (Fsp3) is 0.889. The fourth-order valence-corrected chi connectivity index (χ4v) is 1.50. The molecule has 0 N–H and O–H groups in total. The van der Waals surface area contributed by atoms with Gasteiger partial charge in [-0.2, -0.15) is 0 Å². The van der Waals surface area contributed by atoms with Crippen LogP contribution in [-0.4, -0.2) is 48.8 Å². The zero-order chi connectivity index (χ0) is 10.6. The van der Waals surface area contributed by atoms with E-state index in [1.807, 2.05) is 13.8 Å². The van der Waals surface area contributed by atoms with Crippen LogP contribution in [0.3, 0.4) is 0 Å². The summed E-state index contributed by atoms with van der Waals surface area (Å²) in [7, 11) is 0. The van der Waals surface area contributed by atoms with E-state index >= 15 is 0 Å². The first-order valence-electron chi connectivity index (χ1n) is 4.73. The number of ether oxygens (including phenoxy) is 2. The van der Waals surface area contributed by atoms with Crippen molar-refractivity contribution in [3.63, 3.8) is 0 Å².